The number of carbonyl (C=O) groups is 1. The van der Waals surface area contributed by atoms with E-state index in [1.807, 2.05) is 0 Å². The number of carbonyl (C=O) groups excluding carboxylic acids is 1. The van der Waals surface area contributed by atoms with Crippen LogP contribution in [0.25, 0.3) is 0 Å². The van der Waals surface area contributed by atoms with Crippen LogP contribution in [-0.4, -0.2) is 31.8 Å². The lowest BCUT2D eigenvalue weighted by atomic mass is 10.2. The van der Waals surface area contributed by atoms with Crippen LogP contribution in [0.2, 0.25) is 0 Å². The van der Waals surface area contributed by atoms with Gasteiger partial charge in [-0.25, -0.2) is 0 Å². The molecule has 0 saturated carbocycles. The predicted molar refractivity (Wildman–Crippen MR) is 66.9 cm³/mol. The van der Waals surface area contributed by atoms with Crippen molar-refractivity contribution in [1.29, 1.82) is 0 Å². The van der Waals surface area contributed by atoms with Crippen LogP contribution in [-0.2, 0) is 4.74 Å². The number of amides is 1. The highest BCUT2D eigenvalue weighted by Gasteiger charge is 2.19. The fourth-order valence-corrected chi connectivity index (χ4v) is 2.69. The van der Waals surface area contributed by atoms with Crippen molar-refractivity contribution >= 4 is 17.2 Å². The van der Waals surface area contributed by atoms with Gasteiger partial charge in [-0.1, -0.05) is 0 Å². The van der Waals surface area contributed by atoms with Gasteiger partial charge in [0.1, 0.15) is 10.6 Å². The first-order valence-corrected chi connectivity index (χ1v) is 6.97. The van der Waals surface area contributed by atoms with Gasteiger partial charge in [0.15, 0.2) is 0 Å². The van der Waals surface area contributed by atoms with E-state index in [9.17, 15) is 13.6 Å². The van der Waals surface area contributed by atoms with Crippen molar-refractivity contribution in [1.82, 2.24) is 5.32 Å². The summed E-state index contributed by atoms with van der Waals surface area (Å²) in [5.41, 5.74) is 0. The van der Waals surface area contributed by atoms with Crippen LogP contribution in [0.15, 0.2) is 11.4 Å². The summed E-state index contributed by atoms with van der Waals surface area (Å²) in [5, 5.41) is 4.24. The summed E-state index contributed by atoms with van der Waals surface area (Å²) in [5.74, 6) is -0.460. The van der Waals surface area contributed by atoms with E-state index in [0.29, 0.717) is 6.54 Å². The molecule has 7 heteroatoms. The van der Waals surface area contributed by atoms with Gasteiger partial charge in [0.05, 0.1) is 6.10 Å². The molecule has 1 aromatic rings. The van der Waals surface area contributed by atoms with E-state index >= 15 is 0 Å². The maximum Gasteiger partial charge on any atom is 0.387 e. The number of hydrogen-bond acceptors (Lipinski definition) is 4. The predicted octanol–water partition coefficient (Wildman–Crippen LogP) is 2.65. The third-order valence-corrected chi connectivity index (χ3v) is 3.72. The third-order valence-electron chi connectivity index (χ3n) is 2.83. The number of rotatable bonds is 6. The molecule has 1 amide bonds. The van der Waals surface area contributed by atoms with Crippen molar-refractivity contribution in [2.45, 2.75) is 32.0 Å². The molecule has 2 heterocycles. The smallest absolute Gasteiger partial charge is 0.387 e. The first kappa shape index (κ1) is 14.2. The van der Waals surface area contributed by atoms with Gasteiger partial charge in [0, 0.05) is 13.2 Å². The summed E-state index contributed by atoms with van der Waals surface area (Å²) in [6.45, 7) is -1.68. The molecule has 0 aromatic carbocycles. The Morgan fingerprint density at radius 3 is 3.16 bits per heavy atom. The van der Waals surface area contributed by atoms with Gasteiger partial charge in [-0.2, -0.15) is 8.78 Å². The third kappa shape index (κ3) is 4.14. The van der Waals surface area contributed by atoms with E-state index in [4.69, 9.17) is 4.74 Å². The van der Waals surface area contributed by atoms with Crippen LogP contribution in [0.3, 0.4) is 0 Å². The highest BCUT2D eigenvalue weighted by Crippen LogP contribution is 2.26. The zero-order chi connectivity index (χ0) is 13.7. The average Bonchev–Trinajstić information content (AvgIpc) is 2.99. The summed E-state index contributed by atoms with van der Waals surface area (Å²) in [6, 6.07) is 1.37. The Labute approximate surface area is 113 Å². The molecule has 0 bridgehead atoms. The molecule has 0 unspecified atom stereocenters. The van der Waals surface area contributed by atoms with Gasteiger partial charge in [0.25, 0.3) is 5.91 Å². The Hall–Kier alpha value is -1.21. The number of ether oxygens (including phenoxy) is 2. The summed E-state index contributed by atoms with van der Waals surface area (Å²) in [4.78, 5) is 12.0. The molecule has 106 valence electrons. The summed E-state index contributed by atoms with van der Waals surface area (Å²) in [7, 11) is 0. The SMILES string of the molecule is O=C(NCC[C@H]1CCCO1)c1sccc1OC(F)F. The number of alkyl halides is 2. The topological polar surface area (TPSA) is 47.6 Å². The second-order valence-electron chi connectivity index (χ2n) is 4.17. The van der Waals surface area contributed by atoms with E-state index < -0.39 is 6.61 Å². The molecule has 0 radical (unpaired) electrons. The van der Waals surface area contributed by atoms with Crippen LogP contribution in [0, 0.1) is 0 Å². The Kier molecular flexibility index (Phi) is 5.09. The maximum absolute atomic E-state index is 12.1. The zero-order valence-corrected chi connectivity index (χ0v) is 11.1. The van der Waals surface area contributed by atoms with Crippen molar-refractivity contribution in [3.8, 4) is 5.75 Å². The maximum atomic E-state index is 12.1. The average molecular weight is 291 g/mol. The molecule has 1 fully saturated rings. The first-order valence-electron chi connectivity index (χ1n) is 6.09. The van der Waals surface area contributed by atoms with Crippen molar-refractivity contribution in [2.24, 2.45) is 0 Å². The standard InChI is InChI=1S/C12H15F2NO3S/c13-12(14)18-9-4-7-19-10(9)11(16)15-5-3-8-2-1-6-17-8/h4,7-8,12H,1-3,5-6H2,(H,15,16)/t8-/m1/s1. The van der Waals surface area contributed by atoms with Crippen LogP contribution in [0.1, 0.15) is 28.9 Å². The van der Waals surface area contributed by atoms with Crippen LogP contribution in [0.4, 0.5) is 8.78 Å². The quantitative estimate of drug-likeness (QED) is 0.876. The van der Waals surface area contributed by atoms with E-state index in [0.717, 1.165) is 37.2 Å². The van der Waals surface area contributed by atoms with Gasteiger partial charge < -0.3 is 14.8 Å². The van der Waals surface area contributed by atoms with E-state index in [2.05, 4.69) is 10.1 Å². The van der Waals surface area contributed by atoms with Crippen molar-refractivity contribution in [3.05, 3.63) is 16.3 Å². The van der Waals surface area contributed by atoms with Crippen LogP contribution < -0.4 is 10.1 Å². The molecule has 1 aliphatic rings. The van der Waals surface area contributed by atoms with E-state index in [1.165, 1.54) is 6.07 Å². The zero-order valence-electron chi connectivity index (χ0n) is 10.2. The summed E-state index contributed by atoms with van der Waals surface area (Å²) in [6.07, 6.45) is 2.99. The molecule has 1 aromatic heterocycles. The van der Waals surface area contributed by atoms with Gasteiger partial charge in [-0.15, -0.1) is 11.3 Å². The molecule has 1 saturated heterocycles. The molecule has 4 nitrogen and oxygen atoms in total. The molecule has 0 spiro atoms. The molecule has 2 rings (SSSR count). The molecule has 1 atom stereocenters. The molecule has 19 heavy (non-hydrogen) atoms. The Bertz CT molecular complexity index is 419. The van der Waals surface area contributed by atoms with Gasteiger partial charge >= 0.3 is 6.61 Å². The monoisotopic (exact) mass is 291 g/mol. The molecular weight excluding hydrogens is 276 g/mol. The minimum absolute atomic E-state index is 0.0744. The molecule has 1 aliphatic heterocycles. The fraction of sp³-hybridized carbons (Fsp3) is 0.583. The lowest BCUT2D eigenvalue weighted by Gasteiger charge is -2.10. The Balaban J connectivity index is 1.80. The number of halogens is 2. The first-order chi connectivity index (χ1) is 9.16. The fourth-order valence-electron chi connectivity index (χ4n) is 1.95. The van der Waals surface area contributed by atoms with Crippen molar-refractivity contribution < 1.29 is 23.0 Å². The highest BCUT2D eigenvalue weighted by molar-refractivity contribution is 7.12. The normalized spacial score (nSPS) is 18.8. The minimum atomic E-state index is -2.92. The molecular formula is C12H15F2NO3S. The van der Waals surface area contributed by atoms with Crippen LogP contribution in [0.5, 0.6) is 5.75 Å². The van der Waals surface area contributed by atoms with Gasteiger partial charge in [-0.3, -0.25) is 4.79 Å². The molecule has 0 aliphatic carbocycles. The molecule has 1 N–H and O–H groups in total. The van der Waals surface area contributed by atoms with E-state index in [-0.39, 0.29) is 22.6 Å². The minimum Gasteiger partial charge on any atom is -0.433 e. The van der Waals surface area contributed by atoms with Crippen LogP contribution >= 0.6 is 11.3 Å². The van der Waals surface area contributed by atoms with Gasteiger partial charge in [-0.05, 0) is 30.7 Å². The largest absolute Gasteiger partial charge is 0.433 e. The second-order valence-corrected chi connectivity index (χ2v) is 5.09. The number of thiophene rings is 1. The second kappa shape index (κ2) is 6.81. The van der Waals surface area contributed by atoms with Crippen molar-refractivity contribution in [3.63, 3.8) is 0 Å². The van der Waals surface area contributed by atoms with Crippen molar-refractivity contribution in [2.75, 3.05) is 13.2 Å². The lowest BCUT2D eigenvalue weighted by molar-refractivity contribution is -0.0498. The number of nitrogens with one attached hydrogen (secondary N) is 1. The number of hydrogen-bond donors (Lipinski definition) is 1. The highest BCUT2D eigenvalue weighted by atomic mass is 32.1. The Morgan fingerprint density at radius 2 is 2.47 bits per heavy atom. The van der Waals surface area contributed by atoms with Gasteiger partial charge in [0.2, 0.25) is 0 Å². The summed E-state index contributed by atoms with van der Waals surface area (Å²) >= 11 is 1.08. The lowest BCUT2D eigenvalue weighted by Crippen LogP contribution is -2.26. The Morgan fingerprint density at radius 1 is 1.63 bits per heavy atom. The van der Waals surface area contributed by atoms with E-state index in [1.54, 1.807) is 5.38 Å². The summed E-state index contributed by atoms with van der Waals surface area (Å²) < 4.78 is 34.0.